The number of aldehydes is 1. The van der Waals surface area contributed by atoms with Gasteiger partial charge < -0.3 is 14.6 Å². The molecule has 0 atom stereocenters. The topological polar surface area (TPSA) is 72.8 Å². The van der Waals surface area contributed by atoms with Crippen molar-refractivity contribution < 1.29 is 24.2 Å². The normalized spacial score (nSPS) is 11.2. The number of benzene rings is 2. The van der Waals surface area contributed by atoms with Crippen LogP contribution in [0.15, 0.2) is 36.4 Å². The smallest absolute Gasteiger partial charge is 0.341 e. The Hall–Kier alpha value is -2.82. The van der Waals surface area contributed by atoms with Gasteiger partial charge in [-0.2, -0.15) is 0 Å². The largest absolute Gasteiger partial charge is 0.507 e. The number of phenols is 1. The molecule has 0 heterocycles. The first-order valence-corrected chi connectivity index (χ1v) is 10.6. The first-order chi connectivity index (χ1) is 14.3. The number of esters is 1. The Morgan fingerprint density at radius 1 is 0.903 bits per heavy atom. The number of ether oxygens (including phenoxy) is 2. The molecule has 0 amide bonds. The highest BCUT2D eigenvalue weighted by Gasteiger charge is 2.20. The van der Waals surface area contributed by atoms with Crippen LogP contribution in [0.3, 0.4) is 0 Å². The van der Waals surface area contributed by atoms with Gasteiger partial charge in [-0.25, -0.2) is 4.79 Å². The molecule has 0 saturated heterocycles. The summed E-state index contributed by atoms with van der Waals surface area (Å²) in [5, 5.41) is 9.27. The predicted octanol–water partition coefficient (Wildman–Crippen LogP) is 6.06. The van der Waals surface area contributed by atoms with E-state index in [1.165, 1.54) is 0 Å². The van der Waals surface area contributed by atoms with Crippen molar-refractivity contribution in [2.45, 2.75) is 66.2 Å². The zero-order valence-corrected chi connectivity index (χ0v) is 20.0. The minimum absolute atomic E-state index is 0.00542. The highest BCUT2D eigenvalue weighted by atomic mass is 16.5. The zero-order valence-electron chi connectivity index (χ0n) is 20.0. The van der Waals surface area contributed by atoms with Gasteiger partial charge in [0.15, 0.2) is 6.29 Å². The van der Waals surface area contributed by atoms with E-state index in [1.54, 1.807) is 19.1 Å². The van der Waals surface area contributed by atoms with E-state index in [4.69, 9.17) is 9.47 Å². The van der Waals surface area contributed by atoms with E-state index in [0.29, 0.717) is 36.4 Å². The fourth-order valence-electron chi connectivity index (χ4n) is 2.76. The van der Waals surface area contributed by atoms with E-state index in [1.807, 2.05) is 31.2 Å². The Labute approximate surface area is 186 Å². The van der Waals surface area contributed by atoms with Crippen LogP contribution in [0.25, 0.3) is 0 Å². The van der Waals surface area contributed by atoms with Crippen molar-refractivity contribution in [3.05, 3.63) is 58.7 Å². The van der Waals surface area contributed by atoms with Crippen molar-refractivity contribution in [2.24, 2.45) is 0 Å². The van der Waals surface area contributed by atoms with Crippen molar-refractivity contribution in [3.63, 3.8) is 0 Å². The molecule has 0 aliphatic heterocycles. The fraction of sp³-hybridized carbons (Fsp3) is 0.462. The molecular formula is C26H36O5. The molecule has 0 bridgehead atoms. The highest BCUT2D eigenvalue weighted by molar-refractivity contribution is 5.92. The second-order valence-electron chi connectivity index (χ2n) is 9.26. The summed E-state index contributed by atoms with van der Waals surface area (Å²) in [6, 6.07) is 10.8. The van der Waals surface area contributed by atoms with Gasteiger partial charge in [-0.1, -0.05) is 53.7 Å². The summed E-state index contributed by atoms with van der Waals surface area (Å²) in [5.74, 6) is 0.305. The Morgan fingerprint density at radius 3 is 1.94 bits per heavy atom. The third-order valence-corrected chi connectivity index (χ3v) is 4.66. The molecule has 2 rings (SSSR count). The van der Waals surface area contributed by atoms with Gasteiger partial charge in [-0.15, -0.1) is 0 Å². The lowest BCUT2D eigenvalue weighted by Crippen LogP contribution is -2.14. The Morgan fingerprint density at radius 2 is 1.45 bits per heavy atom. The molecule has 0 unspecified atom stereocenters. The molecule has 2 aromatic carbocycles. The number of hydrogen-bond donors (Lipinski definition) is 1. The molecule has 1 N–H and O–H groups in total. The molecule has 170 valence electrons. The molecule has 0 radical (unpaired) electrons. The van der Waals surface area contributed by atoms with Crippen LogP contribution in [0.4, 0.5) is 0 Å². The molecule has 5 heteroatoms. The SMILES string of the molecule is CC(C)(C)c1ccc(O)c(C=O)c1.CCOC(=O)c1cc(C(C)(C)C)ccc1OCC. The first kappa shape index (κ1) is 26.2. The van der Waals surface area contributed by atoms with Crippen LogP contribution in [0.1, 0.15) is 87.2 Å². The quantitative estimate of drug-likeness (QED) is 0.463. The van der Waals surface area contributed by atoms with E-state index in [0.717, 1.165) is 11.1 Å². The maximum atomic E-state index is 11.9. The van der Waals surface area contributed by atoms with Gasteiger partial charge in [0, 0.05) is 0 Å². The Bertz CT molecular complexity index is 886. The van der Waals surface area contributed by atoms with Crippen molar-refractivity contribution in [1.82, 2.24) is 0 Å². The van der Waals surface area contributed by atoms with Gasteiger partial charge >= 0.3 is 5.97 Å². The van der Waals surface area contributed by atoms with Crippen molar-refractivity contribution >= 4 is 12.3 Å². The number of carbonyl (C=O) groups excluding carboxylic acids is 2. The summed E-state index contributed by atoms with van der Waals surface area (Å²) in [6.07, 6.45) is 0.671. The third-order valence-electron chi connectivity index (χ3n) is 4.66. The van der Waals surface area contributed by atoms with E-state index >= 15 is 0 Å². The van der Waals surface area contributed by atoms with Crippen molar-refractivity contribution in [1.29, 1.82) is 0 Å². The number of aromatic hydroxyl groups is 1. The summed E-state index contributed by atoms with van der Waals surface area (Å²) in [6.45, 7) is 17.1. The zero-order chi connectivity index (χ0) is 23.8. The predicted molar refractivity (Wildman–Crippen MR) is 124 cm³/mol. The van der Waals surface area contributed by atoms with E-state index < -0.39 is 0 Å². The van der Waals surface area contributed by atoms with Gasteiger partial charge in [0.2, 0.25) is 0 Å². The standard InChI is InChI=1S/C15H22O3.C11H14O2/c1-6-17-13-9-8-11(15(3,4)5)10-12(13)14(16)18-7-2;1-11(2,3)9-4-5-10(13)8(6-9)7-12/h8-10H,6-7H2,1-5H3;4-7,13H,1-3H3. The highest BCUT2D eigenvalue weighted by Crippen LogP contribution is 2.29. The Kier molecular flexibility index (Phi) is 9.29. The monoisotopic (exact) mass is 428 g/mol. The van der Waals surface area contributed by atoms with Crippen LogP contribution in [-0.2, 0) is 15.6 Å². The number of carbonyl (C=O) groups is 2. The van der Waals surface area contributed by atoms with E-state index in [9.17, 15) is 14.7 Å². The molecule has 0 fully saturated rings. The molecule has 0 spiro atoms. The number of phenolic OH excluding ortho intramolecular Hbond substituents is 1. The second-order valence-corrected chi connectivity index (χ2v) is 9.26. The molecule has 0 saturated carbocycles. The van der Waals surface area contributed by atoms with Crippen LogP contribution in [-0.4, -0.2) is 30.6 Å². The van der Waals surface area contributed by atoms with Gasteiger partial charge in [0.25, 0.3) is 0 Å². The maximum Gasteiger partial charge on any atom is 0.341 e. The van der Waals surface area contributed by atoms with Gasteiger partial charge in [0.1, 0.15) is 17.1 Å². The summed E-state index contributed by atoms with van der Waals surface area (Å²) in [4.78, 5) is 22.5. The maximum absolute atomic E-state index is 11.9. The van der Waals surface area contributed by atoms with Crippen LogP contribution in [0.2, 0.25) is 0 Å². The Balaban J connectivity index is 0.000000327. The van der Waals surface area contributed by atoms with Crippen LogP contribution >= 0.6 is 0 Å². The summed E-state index contributed by atoms with van der Waals surface area (Å²) >= 11 is 0. The molecule has 0 aromatic heterocycles. The lowest BCUT2D eigenvalue weighted by molar-refractivity contribution is 0.0521. The van der Waals surface area contributed by atoms with Gasteiger partial charge in [-0.3, -0.25) is 4.79 Å². The minimum atomic E-state index is -0.327. The molecule has 0 aliphatic rings. The van der Waals surface area contributed by atoms with Crippen LogP contribution in [0, 0.1) is 0 Å². The first-order valence-electron chi connectivity index (χ1n) is 10.6. The lowest BCUT2D eigenvalue weighted by atomic mass is 9.86. The van der Waals surface area contributed by atoms with Gasteiger partial charge in [-0.05, 0) is 60.1 Å². The number of rotatable bonds is 5. The number of hydrogen-bond acceptors (Lipinski definition) is 5. The van der Waals surface area contributed by atoms with Crippen molar-refractivity contribution in [2.75, 3.05) is 13.2 Å². The summed E-state index contributed by atoms with van der Waals surface area (Å²) in [5.41, 5.74) is 3.00. The second kappa shape index (κ2) is 11.0. The average molecular weight is 429 g/mol. The summed E-state index contributed by atoms with van der Waals surface area (Å²) in [7, 11) is 0. The molecule has 0 aliphatic carbocycles. The average Bonchev–Trinajstić information content (AvgIpc) is 2.68. The summed E-state index contributed by atoms with van der Waals surface area (Å²) < 4.78 is 10.5. The molecule has 2 aromatic rings. The van der Waals surface area contributed by atoms with Crippen molar-refractivity contribution in [3.8, 4) is 11.5 Å². The fourth-order valence-corrected chi connectivity index (χ4v) is 2.76. The van der Waals surface area contributed by atoms with Crippen LogP contribution in [0.5, 0.6) is 11.5 Å². The molecular weight excluding hydrogens is 392 g/mol. The molecule has 5 nitrogen and oxygen atoms in total. The van der Waals surface area contributed by atoms with E-state index in [2.05, 4.69) is 41.5 Å². The van der Waals surface area contributed by atoms with E-state index in [-0.39, 0.29) is 22.5 Å². The third kappa shape index (κ3) is 7.74. The molecule has 31 heavy (non-hydrogen) atoms. The van der Waals surface area contributed by atoms with Crippen LogP contribution < -0.4 is 4.74 Å². The lowest BCUT2D eigenvalue weighted by Gasteiger charge is -2.20. The minimum Gasteiger partial charge on any atom is -0.507 e. The van der Waals surface area contributed by atoms with Gasteiger partial charge in [0.05, 0.1) is 18.8 Å².